The molecule has 1 aliphatic carbocycles. The van der Waals surface area contributed by atoms with Crippen LogP contribution in [0.2, 0.25) is 0 Å². The molecule has 0 saturated heterocycles. The minimum Gasteiger partial charge on any atom is -0.380 e. The van der Waals surface area contributed by atoms with Crippen molar-refractivity contribution in [3.63, 3.8) is 0 Å². The van der Waals surface area contributed by atoms with Crippen molar-refractivity contribution in [1.29, 1.82) is 0 Å². The van der Waals surface area contributed by atoms with Crippen LogP contribution in [0.25, 0.3) is 0 Å². The van der Waals surface area contributed by atoms with E-state index in [9.17, 15) is 0 Å². The van der Waals surface area contributed by atoms with Crippen LogP contribution in [0, 0.1) is 0 Å². The molecule has 17 heavy (non-hydrogen) atoms. The van der Waals surface area contributed by atoms with Crippen molar-refractivity contribution in [1.82, 2.24) is 14.9 Å². The van der Waals surface area contributed by atoms with E-state index in [1.807, 2.05) is 10.9 Å². The first-order valence-electron chi connectivity index (χ1n) is 6.30. The van der Waals surface area contributed by atoms with E-state index in [1.54, 1.807) is 7.11 Å². The molecule has 0 spiro atoms. The topological polar surface area (TPSA) is 65.1 Å². The van der Waals surface area contributed by atoms with Gasteiger partial charge in [0, 0.05) is 39.0 Å². The average Bonchev–Trinajstić information content (AvgIpc) is 2.95. The standard InChI is InChI=1S/C12H22N4O/c1-17-12-4-2-3-11(12)14-7-10-8-16(6-5-13)9-15-10/h8-9,11-12,14H,2-7,13H2,1H3. The van der Waals surface area contributed by atoms with E-state index in [0.29, 0.717) is 18.7 Å². The van der Waals surface area contributed by atoms with Crippen molar-refractivity contribution in [3.05, 3.63) is 18.2 Å². The molecular weight excluding hydrogens is 216 g/mol. The van der Waals surface area contributed by atoms with Crippen LogP contribution in [0.5, 0.6) is 0 Å². The van der Waals surface area contributed by atoms with Gasteiger partial charge in [-0.25, -0.2) is 4.98 Å². The van der Waals surface area contributed by atoms with Gasteiger partial charge in [0.25, 0.3) is 0 Å². The Kier molecular flexibility index (Phi) is 4.53. The van der Waals surface area contributed by atoms with Gasteiger partial charge in [-0.2, -0.15) is 0 Å². The van der Waals surface area contributed by atoms with Crippen molar-refractivity contribution in [2.45, 2.75) is 44.5 Å². The van der Waals surface area contributed by atoms with Crippen molar-refractivity contribution >= 4 is 0 Å². The maximum Gasteiger partial charge on any atom is 0.0950 e. The Bertz CT molecular complexity index is 339. The molecule has 96 valence electrons. The third-order valence-electron chi connectivity index (χ3n) is 3.37. The van der Waals surface area contributed by atoms with Crippen molar-refractivity contribution < 1.29 is 4.74 Å². The zero-order valence-corrected chi connectivity index (χ0v) is 10.4. The Morgan fingerprint density at radius 1 is 1.59 bits per heavy atom. The van der Waals surface area contributed by atoms with Gasteiger partial charge < -0.3 is 20.4 Å². The molecule has 0 radical (unpaired) electrons. The number of aromatic nitrogens is 2. The molecule has 2 rings (SSSR count). The zero-order valence-electron chi connectivity index (χ0n) is 10.4. The van der Waals surface area contributed by atoms with Gasteiger partial charge >= 0.3 is 0 Å². The Morgan fingerprint density at radius 3 is 3.24 bits per heavy atom. The van der Waals surface area contributed by atoms with Crippen LogP contribution < -0.4 is 11.1 Å². The second kappa shape index (κ2) is 6.14. The molecule has 0 bridgehead atoms. The van der Waals surface area contributed by atoms with Crippen LogP contribution in [0.1, 0.15) is 25.0 Å². The smallest absolute Gasteiger partial charge is 0.0950 e. The molecule has 5 heteroatoms. The molecule has 0 amide bonds. The van der Waals surface area contributed by atoms with Crippen LogP contribution in [0.15, 0.2) is 12.5 Å². The molecule has 1 saturated carbocycles. The first kappa shape index (κ1) is 12.5. The lowest BCUT2D eigenvalue weighted by Crippen LogP contribution is -2.36. The molecule has 2 atom stereocenters. The van der Waals surface area contributed by atoms with E-state index in [-0.39, 0.29) is 0 Å². The summed E-state index contributed by atoms with van der Waals surface area (Å²) in [5.41, 5.74) is 6.57. The van der Waals surface area contributed by atoms with E-state index >= 15 is 0 Å². The van der Waals surface area contributed by atoms with E-state index < -0.39 is 0 Å². The average molecular weight is 238 g/mol. The normalized spacial score (nSPS) is 24.4. The molecular formula is C12H22N4O. The van der Waals surface area contributed by atoms with Gasteiger partial charge in [-0.15, -0.1) is 0 Å². The lowest BCUT2D eigenvalue weighted by Gasteiger charge is -2.18. The summed E-state index contributed by atoms with van der Waals surface area (Å²) in [6.07, 6.45) is 7.86. The van der Waals surface area contributed by atoms with E-state index in [0.717, 1.165) is 25.2 Å². The van der Waals surface area contributed by atoms with Crippen LogP contribution in [-0.2, 0) is 17.8 Å². The fraction of sp³-hybridized carbons (Fsp3) is 0.750. The second-order valence-electron chi connectivity index (χ2n) is 4.58. The highest BCUT2D eigenvalue weighted by Crippen LogP contribution is 2.21. The van der Waals surface area contributed by atoms with Crippen LogP contribution in [-0.4, -0.2) is 35.4 Å². The highest BCUT2D eigenvalue weighted by Gasteiger charge is 2.26. The number of imidazole rings is 1. The maximum atomic E-state index is 5.50. The summed E-state index contributed by atoms with van der Waals surface area (Å²) in [5, 5.41) is 3.52. The van der Waals surface area contributed by atoms with Gasteiger partial charge in [-0.3, -0.25) is 0 Å². The molecule has 5 nitrogen and oxygen atoms in total. The van der Waals surface area contributed by atoms with Gasteiger partial charge in [0.1, 0.15) is 0 Å². The first-order valence-corrected chi connectivity index (χ1v) is 6.30. The third-order valence-corrected chi connectivity index (χ3v) is 3.37. The molecule has 1 aliphatic rings. The third kappa shape index (κ3) is 3.28. The predicted molar refractivity (Wildman–Crippen MR) is 66.6 cm³/mol. The number of hydrogen-bond donors (Lipinski definition) is 2. The molecule has 1 aromatic heterocycles. The zero-order chi connectivity index (χ0) is 12.1. The van der Waals surface area contributed by atoms with Gasteiger partial charge in [0.15, 0.2) is 0 Å². The van der Waals surface area contributed by atoms with Crippen LogP contribution in [0.4, 0.5) is 0 Å². The van der Waals surface area contributed by atoms with Gasteiger partial charge in [0.05, 0.1) is 18.1 Å². The van der Waals surface area contributed by atoms with Crippen LogP contribution in [0.3, 0.4) is 0 Å². The minimum absolute atomic E-state index is 0.362. The minimum atomic E-state index is 0.362. The number of nitrogens with zero attached hydrogens (tertiary/aromatic N) is 2. The van der Waals surface area contributed by atoms with Crippen molar-refractivity contribution in [3.8, 4) is 0 Å². The molecule has 1 aromatic rings. The summed E-state index contributed by atoms with van der Waals surface area (Å²) >= 11 is 0. The number of ether oxygens (including phenoxy) is 1. The summed E-state index contributed by atoms with van der Waals surface area (Å²) in [6, 6.07) is 0.472. The Labute approximate surface area is 102 Å². The lowest BCUT2D eigenvalue weighted by atomic mass is 10.2. The first-order chi connectivity index (χ1) is 8.33. The van der Waals surface area contributed by atoms with E-state index in [2.05, 4.69) is 16.5 Å². The molecule has 0 aliphatic heterocycles. The fourth-order valence-corrected chi connectivity index (χ4v) is 2.45. The Hall–Kier alpha value is -0.910. The largest absolute Gasteiger partial charge is 0.380 e. The number of nitrogens with two attached hydrogens (primary N) is 1. The van der Waals surface area contributed by atoms with Gasteiger partial charge in [0.2, 0.25) is 0 Å². The van der Waals surface area contributed by atoms with Gasteiger partial charge in [-0.05, 0) is 19.3 Å². The van der Waals surface area contributed by atoms with Crippen molar-refractivity contribution in [2.24, 2.45) is 5.73 Å². The summed E-state index contributed by atoms with van der Waals surface area (Å²) in [6.45, 7) is 2.29. The summed E-state index contributed by atoms with van der Waals surface area (Å²) in [7, 11) is 1.79. The summed E-state index contributed by atoms with van der Waals surface area (Å²) in [5.74, 6) is 0. The predicted octanol–water partition coefficient (Wildman–Crippen LogP) is 0.499. The van der Waals surface area contributed by atoms with Gasteiger partial charge in [-0.1, -0.05) is 0 Å². The number of methoxy groups -OCH3 is 1. The molecule has 1 heterocycles. The van der Waals surface area contributed by atoms with Crippen LogP contribution >= 0.6 is 0 Å². The molecule has 1 fully saturated rings. The highest BCUT2D eigenvalue weighted by molar-refractivity contribution is 4.97. The molecule has 0 aromatic carbocycles. The molecule has 2 unspecified atom stereocenters. The Balaban J connectivity index is 1.80. The Morgan fingerprint density at radius 2 is 2.47 bits per heavy atom. The molecule has 3 N–H and O–H groups in total. The quantitative estimate of drug-likeness (QED) is 0.757. The lowest BCUT2D eigenvalue weighted by molar-refractivity contribution is 0.0846. The monoisotopic (exact) mass is 238 g/mol. The van der Waals surface area contributed by atoms with Crippen molar-refractivity contribution in [2.75, 3.05) is 13.7 Å². The summed E-state index contributed by atoms with van der Waals surface area (Å²) in [4.78, 5) is 4.35. The fourth-order valence-electron chi connectivity index (χ4n) is 2.45. The van der Waals surface area contributed by atoms with E-state index in [1.165, 1.54) is 12.8 Å². The number of nitrogens with one attached hydrogen (secondary N) is 1. The summed E-state index contributed by atoms with van der Waals surface area (Å²) < 4.78 is 7.48. The maximum absolute atomic E-state index is 5.50. The highest BCUT2D eigenvalue weighted by atomic mass is 16.5. The second-order valence-corrected chi connectivity index (χ2v) is 4.58. The number of rotatable bonds is 6. The van der Waals surface area contributed by atoms with E-state index in [4.69, 9.17) is 10.5 Å². The SMILES string of the molecule is COC1CCCC1NCc1cn(CCN)cn1. The number of hydrogen-bond acceptors (Lipinski definition) is 4.